The standard InChI is InChI=1S/C30H35FN4O5/c1-18(2)25(32-26(36)23-16-21(19-4-5-19)8-11-24(23)31)27(37)34-14-12-30(13-15-34)29(40)33(3)17-35(30)22-9-6-20(7-10-22)28(38)39/h6-11,16,18-19,25H,4-5,12-15,17H2,1-3H3,(H,32,36)(H,38,39). The number of hydrogen-bond acceptors (Lipinski definition) is 5. The number of likely N-dealkylation sites (N-methyl/N-ethyl adjacent to an activating group) is 1. The van der Waals surface area contributed by atoms with E-state index in [2.05, 4.69) is 5.32 Å². The van der Waals surface area contributed by atoms with Gasteiger partial charge in [-0.3, -0.25) is 14.4 Å². The predicted molar refractivity (Wildman–Crippen MR) is 147 cm³/mol. The molecule has 1 spiro atoms. The second-order valence-corrected chi connectivity index (χ2v) is 11.5. The zero-order valence-electron chi connectivity index (χ0n) is 23.0. The third-order valence-corrected chi connectivity index (χ3v) is 8.45. The first kappa shape index (κ1) is 27.6. The average Bonchev–Trinajstić information content (AvgIpc) is 3.76. The van der Waals surface area contributed by atoms with Crippen LogP contribution in [0.4, 0.5) is 10.1 Å². The van der Waals surface area contributed by atoms with Crippen LogP contribution in [0.1, 0.15) is 71.7 Å². The Balaban J connectivity index is 1.30. The molecule has 1 atom stereocenters. The molecule has 1 saturated carbocycles. The first-order valence-electron chi connectivity index (χ1n) is 13.8. The minimum absolute atomic E-state index is 0.0401. The molecule has 1 aliphatic carbocycles. The molecule has 5 rings (SSSR count). The third-order valence-electron chi connectivity index (χ3n) is 8.45. The lowest BCUT2D eigenvalue weighted by Crippen LogP contribution is -2.60. The average molecular weight is 551 g/mol. The van der Waals surface area contributed by atoms with Crippen LogP contribution >= 0.6 is 0 Å². The third kappa shape index (κ3) is 5.02. The van der Waals surface area contributed by atoms with E-state index >= 15 is 0 Å². The summed E-state index contributed by atoms with van der Waals surface area (Å²) < 4.78 is 14.6. The number of aromatic carboxylic acids is 1. The number of anilines is 1. The normalized spacial score (nSPS) is 19.3. The zero-order valence-corrected chi connectivity index (χ0v) is 23.0. The molecule has 40 heavy (non-hydrogen) atoms. The molecule has 2 heterocycles. The number of amides is 3. The Morgan fingerprint density at radius 2 is 1.70 bits per heavy atom. The van der Waals surface area contributed by atoms with E-state index in [1.54, 1.807) is 41.1 Å². The summed E-state index contributed by atoms with van der Waals surface area (Å²) in [7, 11) is 1.73. The number of rotatable bonds is 7. The SMILES string of the molecule is CC(C)C(NC(=O)c1cc(C2CC2)ccc1F)C(=O)N1CCC2(CC1)C(=O)N(C)CN2c1ccc(C(=O)O)cc1. The van der Waals surface area contributed by atoms with Gasteiger partial charge in [0.15, 0.2) is 0 Å². The Morgan fingerprint density at radius 3 is 2.27 bits per heavy atom. The molecule has 2 N–H and O–H groups in total. The van der Waals surface area contributed by atoms with E-state index in [0.29, 0.717) is 38.5 Å². The van der Waals surface area contributed by atoms with Crippen molar-refractivity contribution in [1.82, 2.24) is 15.1 Å². The molecule has 212 valence electrons. The highest BCUT2D eigenvalue weighted by Gasteiger charge is 2.53. The zero-order chi connectivity index (χ0) is 28.8. The van der Waals surface area contributed by atoms with Gasteiger partial charge in [0.05, 0.1) is 17.8 Å². The van der Waals surface area contributed by atoms with E-state index in [-0.39, 0.29) is 28.9 Å². The molecular weight excluding hydrogens is 515 g/mol. The summed E-state index contributed by atoms with van der Waals surface area (Å²) >= 11 is 0. The number of halogens is 1. The van der Waals surface area contributed by atoms with Gasteiger partial charge >= 0.3 is 5.97 Å². The number of carboxylic acids is 1. The minimum Gasteiger partial charge on any atom is -0.478 e. The van der Waals surface area contributed by atoms with Crippen LogP contribution in [0.15, 0.2) is 42.5 Å². The summed E-state index contributed by atoms with van der Waals surface area (Å²) in [5.74, 6) is -2.41. The summed E-state index contributed by atoms with van der Waals surface area (Å²) in [5, 5.41) is 12.0. The largest absolute Gasteiger partial charge is 0.478 e. The summed E-state index contributed by atoms with van der Waals surface area (Å²) in [6.07, 6.45) is 2.83. The Labute approximate surface area is 232 Å². The number of nitrogens with one attached hydrogen (secondary N) is 1. The quantitative estimate of drug-likeness (QED) is 0.547. The van der Waals surface area contributed by atoms with Crippen molar-refractivity contribution in [3.63, 3.8) is 0 Å². The van der Waals surface area contributed by atoms with E-state index in [1.807, 2.05) is 18.7 Å². The lowest BCUT2D eigenvalue weighted by atomic mass is 9.85. The molecular formula is C30H35FN4O5. The molecule has 2 aromatic carbocycles. The number of benzene rings is 2. The highest BCUT2D eigenvalue weighted by molar-refractivity contribution is 5.98. The van der Waals surface area contributed by atoms with Crippen molar-refractivity contribution >= 4 is 29.4 Å². The summed E-state index contributed by atoms with van der Waals surface area (Å²) in [6.45, 7) is 4.65. The molecule has 3 aliphatic rings. The smallest absolute Gasteiger partial charge is 0.335 e. The van der Waals surface area contributed by atoms with Gasteiger partial charge in [-0.15, -0.1) is 0 Å². The first-order valence-corrected chi connectivity index (χ1v) is 13.8. The van der Waals surface area contributed by atoms with E-state index in [0.717, 1.165) is 24.1 Å². The fourth-order valence-corrected chi connectivity index (χ4v) is 5.89. The highest BCUT2D eigenvalue weighted by atomic mass is 19.1. The molecule has 0 aromatic heterocycles. The van der Waals surface area contributed by atoms with E-state index in [1.165, 1.54) is 18.2 Å². The number of carbonyl (C=O) groups is 4. The number of carboxylic acid groups (broad SMARTS) is 1. The van der Waals surface area contributed by atoms with Crippen LogP contribution in [0.25, 0.3) is 0 Å². The fraction of sp³-hybridized carbons (Fsp3) is 0.467. The topological polar surface area (TPSA) is 110 Å². The van der Waals surface area contributed by atoms with Crippen molar-refractivity contribution in [1.29, 1.82) is 0 Å². The predicted octanol–water partition coefficient (Wildman–Crippen LogP) is 3.45. The molecule has 2 saturated heterocycles. The van der Waals surface area contributed by atoms with Crippen LogP contribution in [0.3, 0.4) is 0 Å². The number of piperidine rings is 1. The molecule has 9 nitrogen and oxygen atoms in total. The van der Waals surface area contributed by atoms with E-state index in [4.69, 9.17) is 0 Å². The highest BCUT2D eigenvalue weighted by Crippen LogP contribution is 2.41. The molecule has 2 aliphatic heterocycles. The van der Waals surface area contributed by atoms with Gasteiger partial charge in [0.1, 0.15) is 17.4 Å². The van der Waals surface area contributed by atoms with E-state index < -0.39 is 29.3 Å². The van der Waals surface area contributed by atoms with Crippen molar-refractivity contribution < 1.29 is 28.7 Å². The number of carbonyl (C=O) groups excluding carboxylic acids is 3. The summed E-state index contributed by atoms with van der Waals surface area (Å²) in [6, 6.07) is 10.2. The molecule has 3 amide bonds. The van der Waals surface area contributed by atoms with Crippen molar-refractivity contribution in [2.75, 3.05) is 31.7 Å². The van der Waals surface area contributed by atoms with E-state index in [9.17, 15) is 28.7 Å². The Kier molecular flexibility index (Phi) is 7.29. The molecule has 2 aromatic rings. The summed E-state index contributed by atoms with van der Waals surface area (Å²) in [4.78, 5) is 56.7. The van der Waals surface area contributed by atoms with Gasteiger partial charge in [0, 0.05) is 25.8 Å². The van der Waals surface area contributed by atoms with Crippen LogP contribution in [-0.2, 0) is 9.59 Å². The number of likely N-dealkylation sites (tertiary alicyclic amines) is 1. The molecule has 1 unspecified atom stereocenters. The maximum Gasteiger partial charge on any atom is 0.335 e. The van der Waals surface area contributed by atoms with Crippen molar-refractivity contribution in [3.05, 3.63) is 65.0 Å². The molecule has 10 heteroatoms. The van der Waals surface area contributed by atoms with Crippen LogP contribution in [0.2, 0.25) is 0 Å². The van der Waals surface area contributed by atoms with Gasteiger partial charge < -0.3 is 25.1 Å². The van der Waals surface area contributed by atoms with Gasteiger partial charge in [-0.2, -0.15) is 0 Å². The lowest BCUT2D eigenvalue weighted by molar-refractivity contribution is -0.139. The monoisotopic (exact) mass is 550 g/mol. The Morgan fingerprint density at radius 1 is 1.05 bits per heavy atom. The van der Waals surface area contributed by atoms with Gasteiger partial charge in [0.2, 0.25) is 11.8 Å². The number of hydrogen-bond donors (Lipinski definition) is 2. The maximum atomic E-state index is 14.6. The van der Waals surface area contributed by atoms with Crippen LogP contribution in [-0.4, -0.2) is 77.0 Å². The van der Waals surface area contributed by atoms with Crippen molar-refractivity contribution in [2.24, 2.45) is 5.92 Å². The molecule has 3 fully saturated rings. The minimum atomic E-state index is -1.02. The van der Waals surface area contributed by atoms with Crippen molar-refractivity contribution in [3.8, 4) is 0 Å². The van der Waals surface area contributed by atoms with Gasteiger partial charge in [-0.05, 0) is 79.5 Å². The molecule has 0 bridgehead atoms. The van der Waals surface area contributed by atoms with Crippen LogP contribution in [0, 0.1) is 11.7 Å². The van der Waals surface area contributed by atoms with Crippen LogP contribution < -0.4 is 10.2 Å². The number of nitrogens with zero attached hydrogens (tertiary/aromatic N) is 3. The van der Waals surface area contributed by atoms with Crippen LogP contribution in [0.5, 0.6) is 0 Å². The maximum absolute atomic E-state index is 14.6. The second kappa shape index (κ2) is 10.6. The second-order valence-electron chi connectivity index (χ2n) is 11.5. The fourth-order valence-electron chi connectivity index (χ4n) is 5.89. The Bertz CT molecular complexity index is 1330. The lowest BCUT2D eigenvalue weighted by Gasteiger charge is -2.44. The van der Waals surface area contributed by atoms with Gasteiger partial charge in [-0.1, -0.05) is 19.9 Å². The molecule has 0 radical (unpaired) electrons. The summed E-state index contributed by atoms with van der Waals surface area (Å²) in [5.41, 5.74) is 0.945. The van der Waals surface area contributed by atoms with Gasteiger partial charge in [0.25, 0.3) is 5.91 Å². The van der Waals surface area contributed by atoms with Crippen molar-refractivity contribution in [2.45, 2.75) is 57.0 Å². The first-order chi connectivity index (χ1) is 19.0. The van der Waals surface area contributed by atoms with Gasteiger partial charge in [-0.25, -0.2) is 9.18 Å². The Hall–Kier alpha value is -3.95.